The van der Waals surface area contributed by atoms with Crippen LogP contribution in [0.4, 0.5) is 0 Å². The van der Waals surface area contributed by atoms with Gasteiger partial charge in [-0.2, -0.15) is 0 Å². The summed E-state index contributed by atoms with van der Waals surface area (Å²) in [4.78, 5) is 37.9. The van der Waals surface area contributed by atoms with E-state index in [-0.39, 0.29) is 5.92 Å². The van der Waals surface area contributed by atoms with E-state index >= 15 is 0 Å². The molecule has 1 rings (SSSR count). The van der Waals surface area contributed by atoms with Gasteiger partial charge >= 0.3 is 5.97 Å². The van der Waals surface area contributed by atoms with Crippen LogP contribution in [0.3, 0.4) is 0 Å². The Kier molecular flexibility index (Phi) is 3.21. The van der Waals surface area contributed by atoms with Crippen molar-refractivity contribution < 1.29 is 19.2 Å². The highest BCUT2D eigenvalue weighted by molar-refractivity contribution is 6.12. The molecule has 1 aliphatic rings. The third-order valence-corrected chi connectivity index (χ3v) is 1.94. The van der Waals surface area contributed by atoms with Crippen molar-refractivity contribution in [3.63, 3.8) is 0 Å². The summed E-state index contributed by atoms with van der Waals surface area (Å²) in [6, 6.07) is -0.855. The lowest BCUT2D eigenvalue weighted by Crippen LogP contribution is -2.43. The molecular formula is C9H12N2O4. The summed E-state index contributed by atoms with van der Waals surface area (Å²) in [6.45, 7) is 3.47. The molecule has 0 spiro atoms. The summed E-state index contributed by atoms with van der Waals surface area (Å²) in [5, 5.41) is 0.393. The zero-order chi connectivity index (χ0) is 11.6. The van der Waals surface area contributed by atoms with Gasteiger partial charge in [-0.1, -0.05) is 18.9 Å². The fraction of sp³-hybridized carbons (Fsp3) is 0.444. The minimum Gasteiger partial charge on any atom is -0.328 e. The first-order chi connectivity index (χ1) is 6.93. The number of rotatable bonds is 3. The standard InChI is InChI=1S/C9H12N2O4/c1-5(2)8(10)9(14)15-11-6(12)3-4-7(11)13/h3-5,8H,10H2,1-2H3/t8-/m0/s1. The van der Waals surface area contributed by atoms with Gasteiger partial charge in [0.05, 0.1) is 0 Å². The second-order valence-corrected chi connectivity index (χ2v) is 3.48. The van der Waals surface area contributed by atoms with Crippen LogP contribution in [0.5, 0.6) is 0 Å². The van der Waals surface area contributed by atoms with Crippen molar-refractivity contribution in [2.24, 2.45) is 11.7 Å². The molecule has 0 aliphatic carbocycles. The smallest absolute Gasteiger partial charge is 0.328 e. The van der Waals surface area contributed by atoms with Crippen LogP contribution in [0.25, 0.3) is 0 Å². The first-order valence-electron chi connectivity index (χ1n) is 4.47. The molecule has 82 valence electrons. The lowest BCUT2D eigenvalue weighted by molar-refractivity contribution is -0.197. The summed E-state index contributed by atoms with van der Waals surface area (Å²) in [5.41, 5.74) is 5.48. The monoisotopic (exact) mass is 212 g/mol. The molecule has 0 saturated heterocycles. The Labute approximate surface area is 86.6 Å². The lowest BCUT2D eigenvalue weighted by Gasteiger charge is -2.17. The predicted octanol–water partition coefficient (Wildman–Crippen LogP) is -0.647. The number of carbonyl (C=O) groups is 3. The van der Waals surface area contributed by atoms with E-state index in [0.717, 1.165) is 12.2 Å². The highest BCUT2D eigenvalue weighted by Gasteiger charge is 2.30. The second-order valence-electron chi connectivity index (χ2n) is 3.48. The molecule has 6 nitrogen and oxygen atoms in total. The molecule has 0 radical (unpaired) electrons. The summed E-state index contributed by atoms with van der Waals surface area (Å²) in [5.74, 6) is -2.28. The number of amides is 2. The Morgan fingerprint density at radius 2 is 1.80 bits per heavy atom. The molecule has 0 aromatic heterocycles. The average molecular weight is 212 g/mol. The van der Waals surface area contributed by atoms with Crippen LogP contribution in [-0.4, -0.2) is 28.9 Å². The van der Waals surface area contributed by atoms with Gasteiger partial charge in [0.15, 0.2) is 0 Å². The van der Waals surface area contributed by atoms with Gasteiger partial charge in [0.2, 0.25) is 0 Å². The van der Waals surface area contributed by atoms with Gasteiger partial charge in [0.1, 0.15) is 6.04 Å². The maximum absolute atomic E-state index is 11.3. The zero-order valence-electron chi connectivity index (χ0n) is 8.47. The predicted molar refractivity (Wildman–Crippen MR) is 49.9 cm³/mol. The molecule has 6 heteroatoms. The third kappa shape index (κ3) is 2.41. The van der Waals surface area contributed by atoms with Gasteiger partial charge in [0.25, 0.3) is 11.8 Å². The molecule has 0 fully saturated rings. The number of carbonyl (C=O) groups excluding carboxylic acids is 3. The minimum atomic E-state index is -0.855. The number of hydroxylamine groups is 2. The van der Waals surface area contributed by atoms with Crippen LogP contribution >= 0.6 is 0 Å². The van der Waals surface area contributed by atoms with Crippen LogP contribution in [0.2, 0.25) is 0 Å². The summed E-state index contributed by atoms with van der Waals surface area (Å²) >= 11 is 0. The van der Waals surface area contributed by atoms with Crippen LogP contribution < -0.4 is 5.73 Å². The lowest BCUT2D eigenvalue weighted by atomic mass is 10.1. The first-order valence-corrected chi connectivity index (χ1v) is 4.47. The van der Waals surface area contributed by atoms with E-state index in [2.05, 4.69) is 4.84 Å². The quantitative estimate of drug-likeness (QED) is 0.628. The van der Waals surface area contributed by atoms with E-state index in [1.807, 2.05) is 0 Å². The molecule has 0 aromatic carbocycles. The molecule has 1 heterocycles. The van der Waals surface area contributed by atoms with E-state index < -0.39 is 23.8 Å². The molecule has 0 aromatic rings. The van der Waals surface area contributed by atoms with Crippen molar-refractivity contribution >= 4 is 17.8 Å². The maximum Gasteiger partial charge on any atom is 0.350 e. The number of nitrogens with zero attached hydrogens (tertiary/aromatic N) is 1. The SMILES string of the molecule is CC(C)[C@H](N)C(=O)ON1C(=O)C=CC1=O. The first kappa shape index (κ1) is 11.4. The Morgan fingerprint density at radius 1 is 1.33 bits per heavy atom. The van der Waals surface area contributed by atoms with Gasteiger partial charge in [-0.05, 0) is 5.92 Å². The fourth-order valence-corrected chi connectivity index (χ4v) is 0.900. The van der Waals surface area contributed by atoms with E-state index in [1.54, 1.807) is 13.8 Å². The second kappa shape index (κ2) is 4.22. The Balaban J connectivity index is 2.60. The third-order valence-electron chi connectivity index (χ3n) is 1.94. The number of imide groups is 1. The van der Waals surface area contributed by atoms with E-state index in [9.17, 15) is 14.4 Å². The van der Waals surface area contributed by atoms with Crippen molar-refractivity contribution in [1.82, 2.24) is 5.06 Å². The topological polar surface area (TPSA) is 89.7 Å². The zero-order valence-corrected chi connectivity index (χ0v) is 8.47. The maximum atomic E-state index is 11.3. The van der Waals surface area contributed by atoms with Gasteiger partial charge in [-0.15, -0.1) is 0 Å². The normalized spacial score (nSPS) is 17.5. The van der Waals surface area contributed by atoms with Crippen LogP contribution in [0.15, 0.2) is 12.2 Å². The number of hydrogen-bond acceptors (Lipinski definition) is 5. The molecule has 0 saturated carbocycles. The molecule has 1 atom stereocenters. The largest absolute Gasteiger partial charge is 0.350 e. The van der Waals surface area contributed by atoms with Crippen LogP contribution in [0, 0.1) is 5.92 Å². The van der Waals surface area contributed by atoms with E-state index in [1.165, 1.54) is 0 Å². The van der Waals surface area contributed by atoms with Crippen molar-refractivity contribution in [3.05, 3.63) is 12.2 Å². The van der Waals surface area contributed by atoms with Gasteiger partial charge in [-0.25, -0.2) is 4.79 Å². The van der Waals surface area contributed by atoms with Crippen molar-refractivity contribution in [2.75, 3.05) is 0 Å². The minimum absolute atomic E-state index is 0.127. The fourth-order valence-electron chi connectivity index (χ4n) is 0.900. The van der Waals surface area contributed by atoms with Crippen LogP contribution in [0.1, 0.15) is 13.8 Å². The van der Waals surface area contributed by atoms with Gasteiger partial charge in [0, 0.05) is 12.2 Å². The average Bonchev–Trinajstić information content (AvgIpc) is 2.47. The number of hydrogen-bond donors (Lipinski definition) is 1. The van der Waals surface area contributed by atoms with Crippen LogP contribution in [-0.2, 0) is 19.2 Å². The van der Waals surface area contributed by atoms with Gasteiger partial charge in [-0.3, -0.25) is 9.59 Å². The molecule has 15 heavy (non-hydrogen) atoms. The highest BCUT2D eigenvalue weighted by atomic mass is 16.7. The number of nitrogens with two attached hydrogens (primary N) is 1. The van der Waals surface area contributed by atoms with E-state index in [0.29, 0.717) is 5.06 Å². The van der Waals surface area contributed by atoms with E-state index in [4.69, 9.17) is 5.73 Å². The Bertz CT molecular complexity index is 317. The highest BCUT2D eigenvalue weighted by Crippen LogP contribution is 2.07. The van der Waals surface area contributed by atoms with Crippen molar-refractivity contribution in [1.29, 1.82) is 0 Å². The molecule has 2 N–H and O–H groups in total. The van der Waals surface area contributed by atoms with Crippen molar-refractivity contribution in [2.45, 2.75) is 19.9 Å². The molecule has 0 unspecified atom stereocenters. The molecular weight excluding hydrogens is 200 g/mol. The summed E-state index contributed by atoms with van der Waals surface area (Å²) < 4.78 is 0. The molecule has 0 bridgehead atoms. The molecule has 1 aliphatic heterocycles. The van der Waals surface area contributed by atoms with Crippen molar-refractivity contribution in [3.8, 4) is 0 Å². The Hall–Kier alpha value is -1.69. The summed E-state index contributed by atoms with van der Waals surface area (Å²) in [6.07, 6.45) is 2.05. The van der Waals surface area contributed by atoms with Gasteiger partial charge < -0.3 is 10.6 Å². The Morgan fingerprint density at radius 3 is 2.20 bits per heavy atom. The molecule has 2 amide bonds. The summed E-state index contributed by atoms with van der Waals surface area (Å²) in [7, 11) is 0.